The molecule has 2 aliphatic heterocycles. The van der Waals surface area contributed by atoms with E-state index in [-0.39, 0.29) is 23.7 Å². The number of nitrogens with zero attached hydrogens (tertiary/aromatic N) is 1. The molecule has 0 aromatic heterocycles. The van der Waals surface area contributed by atoms with Gasteiger partial charge in [0.25, 0.3) is 5.91 Å². The molecule has 138 valence electrons. The summed E-state index contributed by atoms with van der Waals surface area (Å²) >= 11 is 0. The Hall–Kier alpha value is -1.44. The molecule has 1 amide bonds. The van der Waals surface area contributed by atoms with Gasteiger partial charge in [-0.05, 0) is 50.3 Å². The average Bonchev–Trinajstić information content (AvgIpc) is 2.59. The summed E-state index contributed by atoms with van der Waals surface area (Å²) in [5.41, 5.74) is 1.50. The smallest absolute Gasteiger partial charge is 0.251 e. The van der Waals surface area contributed by atoms with E-state index >= 15 is 0 Å². The molecule has 1 aromatic rings. The second-order valence-electron chi connectivity index (χ2n) is 6.91. The number of amides is 1. The zero-order chi connectivity index (χ0) is 17.9. The fourth-order valence-electron chi connectivity index (χ4n) is 3.40. The lowest BCUT2D eigenvalue weighted by Gasteiger charge is -2.32. The van der Waals surface area contributed by atoms with Crippen LogP contribution in [0.3, 0.4) is 0 Å². The summed E-state index contributed by atoms with van der Waals surface area (Å²) in [7, 11) is -3.17. The summed E-state index contributed by atoms with van der Waals surface area (Å²) in [6.45, 7) is 3.69. The minimum absolute atomic E-state index is 0.0234. The van der Waals surface area contributed by atoms with Gasteiger partial charge in [0.1, 0.15) is 0 Å². The first-order chi connectivity index (χ1) is 12.0. The van der Waals surface area contributed by atoms with Gasteiger partial charge in [-0.3, -0.25) is 4.79 Å². The molecule has 0 unspecified atom stereocenters. The molecule has 1 aromatic carbocycles. The zero-order valence-electron chi connectivity index (χ0n) is 14.6. The Morgan fingerprint density at radius 2 is 1.88 bits per heavy atom. The molecule has 0 saturated carbocycles. The van der Waals surface area contributed by atoms with Crippen LogP contribution < -0.4 is 5.32 Å². The van der Waals surface area contributed by atoms with Crippen LogP contribution in [0.15, 0.2) is 24.3 Å². The predicted molar refractivity (Wildman–Crippen MR) is 95.8 cm³/mol. The normalized spacial score (nSPS) is 24.8. The van der Waals surface area contributed by atoms with Gasteiger partial charge in [-0.1, -0.05) is 12.1 Å². The highest BCUT2D eigenvalue weighted by atomic mass is 32.2. The van der Waals surface area contributed by atoms with Crippen LogP contribution in [0.4, 0.5) is 0 Å². The Kier molecular flexibility index (Phi) is 5.76. The van der Waals surface area contributed by atoms with Crippen LogP contribution in [-0.2, 0) is 21.3 Å². The molecular formula is C18H26N2O4S. The van der Waals surface area contributed by atoms with Crippen molar-refractivity contribution in [2.75, 3.05) is 19.0 Å². The Labute approximate surface area is 149 Å². The highest BCUT2D eigenvalue weighted by Crippen LogP contribution is 2.23. The van der Waals surface area contributed by atoms with Gasteiger partial charge in [0.05, 0.1) is 5.75 Å². The fraction of sp³-hybridized carbons (Fsp3) is 0.611. The van der Waals surface area contributed by atoms with Crippen molar-refractivity contribution in [3.8, 4) is 0 Å². The molecule has 2 fully saturated rings. The molecule has 7 heteroatoms. The molecule has 25 heavy (non-hydrogen) atoms. The number of nitrogens with one attached hydrogen (secondary N) is 1. The third kappa shape index (κ3) is 4.59. The Morgan fingerprint density at radius 1 is 1.20 bits per heavy atom. The number of hydrogen-bond acceptors (Lipinski definition) is 4. The third-order valence-corrected chi connectivity index (χ3v) is 6.99. The van der Waals surface area contributed by atoms with Crippen molar-refractivity contribution < 1.29 is 17.9 Å². The van der Waals surface area contributed by atoms with Gasteiger partial charge in [0, 0.05) is 37.4 Å². The van der Waals surface area contributed by atoms with Crippen LogP contribution in [-0.4, -0.2) is 49.7 Å². The van der Waals surface area contributed by atoms with Gasteiger partial charge >= 0.3 is 0 Å². The summed E-state index contributed by atoms with van der Waals surface area (Å²) in [5.74, 6) is 0.139. The molecule has 0 aliphatic carbocycles. The molecule has 0 spiro atoms. The van der Waals surface area contributed by atoms with E-state index in [4.69, 9.17) is 4.74 Å². The number of carbonyl (C=O) groups excluding carboxylic acids is 1. The van der Waals surface area contributed by atoms with E-state index in [1.54, 1.807) is 16.4 Å². The standard InChI is InChI=1S/C18H26N2O4S/c1-14-3-2-12-25(22,23)20(14)13-15-4-6-16(7-5-15)18(21)19-17-8-10-24-11-9-17/h4-7,14,17H,2-3,8-13H2,1H3,(H,19,21)/t14-/m0/s1. The van der Waals surface area contributed by atoms with Gasteiger partial charge in [-0.25, -0.2) is 8.42 Å². The van der Waals surface area contributed by atoms with Gasteiger partial charge in [-0.15, -0.1) is 0 Å². The summed E-state index contributed by atoms with van der Waals surface area (Å²) < 4.78 is 31.4. The molecule has 0 radical (unpaired) electrons. The minimum atomic E-state index is -3.17. The number of rotatable bonds is 4. The van der Waals surface area contributed by atoms with Crippen LogP contribution >= 0.6 is 0 Å². The molecule has 1 atom stereocenters. The molecule has 6 nitrogen and oxygen atoms in total. The minimum Gasteiger partial charge on any atom is -0.381 e. The van der Waals surface area contributed by atoms with Crippen molar-refractivity contribution in [3.05, 3.63) is 35.4 Å². The van der Waals surface area contributed by atoms with Crippen LogP contribution in [0.5, 0.6) is 0 Å². The average molecular weight is 366 g/mol. The van der Waals surface area contributed by atoms with Crippen LogP contribution in [0.1, 0.15) is 48.5 Å². The fourth-order valence-corrected chi connectivity index (χ4v) is 5.17. The van der Waals surface area contributed by atoms with E-state index in [2.05, 4.69) is 5.32 Å². The molecule has 2 aliphatic rings. The topological polar surface area (TPSA) is 75.7 Å². The predicted octanol–water partition coefficient (Wildman–Crippen LogP) is 1.91. The number of carbonyl (C=O) groups is 1. The van der Waals surface area contributed by atoms with Crippen molar-refractivity contribution in [2.24, 2.45) is 0 Å². The van der Waals surface area contributed by atoms with E-state index in [1.165, 1.54) is 0 Å². The summed E-state index contributed by atoms with van der Waals surface area (Å²) in [4.78, 5) is 12.3. The Balaban J connectivity index is 1.62. The first kappa shape index (κ1) is 18.4. The number of benzene rings is 1. The summed E-state index contributed by atoms with van der Waals surface area (Å²) in [6.07, 6.45) is 3.30. The van der Waals surface area contributed by atoms with E-state index in [1.807, 2.05) is 19.1 Å². The van der Waals surface area contributed by atoms with Gasteiger partial charge in [-0.2, -0.15) is 4.31 Å². The monoisotopic (exact) mass is 366 g/mol. The van der Waals surface area contributed by atoms with Crippen molar-refractivity contribution in [3.63, 3.8) is 0 Å². The van der Waals surface area contributed by atoms with Crippen molar-refractivity contribution >= 4 is 15.9 Å². The second-order valence-corrected chi connectivity index (χ2v) is 8.95. The Morgan fingerprint density at radius 3 is 2.52 bits per heavy atom. The SMILES string of the molecule is C[C@H]1CCCS(=O)(=O)N1Cc1ccc(C(=O)NC2CCOCC2)cc1. The first-order valence-electron chi connectivity index (χ1n) is 8.93. The number of ether oxygens (including phenoxy) is 1. The largest absolute Gasteiger partial charge is 0.381 e. The van der Waals surface area contributed by atoms with E-state index < -0.39 is 10.0 Å². The number of sulfonamides is 1. The van der Waals surface area contributed by atoms with Crippen molar-refractivity contribution in [1.82, 2.24) is 9.62 Å². The molecule has 2 heterocycles. The maximum absolute atomic E-state index is 12.3. The zero-order valence-corrected chi connectivity index (χ0v) is 15.4. The molecule has 3 rings (SSSR count). The lowest BCUT2D eigenvalue weighted by atomic mass is 10.1. The quantitative estimate of drug-likeness (QED) is 0.883. The van der Waals surface area contributed by atoms with Crippen LogP contribution in [0.25, 0.3) is 0 Å². The maximum atomic E-state index is 12.3. The molecular weight excluding hydrogens is 340 g/mol. The van der Waals surface area contributed by atoms with Crippen molar-refractivity contribution in [2.45, 2.75) is 51.2 Å². The third-order valence-electron chi connectivity index (χ3n) is 4.98. The highest BCUT2D eigenvalue weighted by molar-refractivity contribution is 7.89. The molecule has 2 saturated heterocycles. The molecule has 0 bridgehead atoms. The highest BCUT2D eigenvalue weighted by Gasteiger charge is 2.31. The lowest BCUT2D eigenvalue weighted by molar-refractivity contribution is 0.0696. The van der Waals surface area contributed by atoms with Gasteiger partial charge in [0.15, 0.2) is 0 Å². The second kappa shape index (κ2) is 7.85. The van der Waals surface area contributed by atoms with Gasteiger partial charge in [0.2, 0.25) is 10.0 Å². The van der Waals surface area contributed by atoms with Crippen LogP contribution in [0, 0.1) is 0 Å². The maximum Gasteiger partial charge on any atom is 0.251 e. The van der Waals surface area contributed by atoms with E-state index in [0.29, 0.717) is 25.3 Å². The van der Waals surface area contributed by atoms with E-state index in [0.717, 1.165) is 31.2 Å². The summed E-state index contributed by atoms with van der Waals surface area (Å²) in [5, 5.41) is 3.03. The lowest BCUT2D eigenvalue weighted by Crippen LogP contribution is -2.43. The van der Waals surface area contributed by atoms with Gasteiger partial charge < -0.3 is 10.1 Å². The molecule has 1 N–H and O–H groups in total. The first-order valence-corrected chi connectivity index (χ1v) is 10.5. The number of hydrogen-bond donors (Lipinski definition) is 1. The van der Waals surface area contributed by atoms with Crippen molar-refractivity contribution in [1.29, 1.82) is 0 Å². The summed E-state index contributed by atoms with van der Waals surface area (Å²) in [6, 6.07) is 7.41. The van der Waals surface area contributed by atoms with Crippen LogP contribution in [0.2, 0.25) is 0 Å². The Bertz CT molecular complexity index is 696. The van der Waals surface area contributed by atoms with E-state index in [9.17, 15) is 13.2 Å².